The van der Waals surface area contributed by atoms with Crippen LogP contribution in [-0.2, 0) is 11.3 Å². The number of carbonyl (C=O) groups is 1. The fourth-order valence-electron chi connectivity index (χ4n) is 3.78. The first-order chi connectivity index (χ1) is 14.2. The molecule has 2 aromatic rings. The van der Waals surface area contributed by atoms with Crippen molar-refractivity contribution in [3.63, 3.8) is 0 Å². The van der Waals surface area contributed by atoms with Crippen LogP contribution < -0.4 is 9.47 Å². The Morgan fingerprint density at radius 1 is 1.28 bits per heavy atom. The molecule has 0 radical (unpaired) electrons. The van der Waals surface area contributed by atoms with E-state index in [4.69, 9.17) is 13.9 Å². The molecule has 29 heavy (non-hydrogen) atoms. The van der Waals surface area contributed by atoms with Gasteiger partial charge in [-0.25, -0.2) is 0 Å². The average Bonchev–Trinajstić information content (AvgIpc) is 3.26. The number of amides is 1. The zero-order chi connectivity index (χ0) is 20.4. The molecule has 1 aromatic carbocycles. The first-order valence-electron chi connectivity index (χ1n) is 9.19. The maximum Gasteiger partial charge on any atom is 0.229 e. The van der Waals surface area contributed by atoms with E-state index < -0.39 is 0 Å². The zero-order valence-electron chi connectivity index (χ0n) is 16.3. The molecule has 8 heteroatoms. The molecule has 2 aliphatic rings. The predicted octanol–water partition coefficient (Wildman–Crippen LogP) is 3.51. The normalized spacial score (nSPS) is 19.7. The van der Waals surface area contributed by atoms with Crippen molar-refractivity contribution in [3.05, 3.63) is 58.5 Å². The van der Waals surface area contributed by atoms with Crippen molar-refractivity contribution in [1.82, 2.24) is 9.80 Å². The minimum atomic E-state index is -0.354. The monoisotopic (exact) mass is 411 g/mol. The number of nitriles is 1. The SMILES string of the molecule is COc1cccc(C2CC(=O)N3CN(Cc4ccco4)CSC3=C2C#N)c1OC. The van der Waals surface area contributed by atoms with Gasteiger partial charge >= 0.3 is 0 Å². The van der Waals surface area contributed by atoms with Crippen molar-refractivity contribution in [2.45, 2.75) is 18.9 Å². The Morgan fingerprint density at radius 3 is 2.83 bits per heavy atom. The molecule has 1 saturated heterocycles. The van der Waals surface area contributed by atoms with Gasteiger partial charge in [0, 0.05) is 17.9 Å². The van der Waals surface area contributed by atoms with E-state index in [0.29, 0.717) is 36.2 Å². The van der Waals surface area contributed by atoms with Crippen LogP contribution in [0.5, 0.6) is 11.5 Å². The van der Waals surface area contributed by atoms with Crippen LogP contribution >= 0.6 is 11.8 Å². The second-order valence-corrected chi connectivity index (χ2v) is 7.75. The van der Waals surface area contributed by atoms with E-state index in [1.54, 1.807) is 31.4 Å². The molecule has 7 nitrogen and oxygen atoms in total. The first-order valence-corrected chi connectivity index (χ1v) is 10.2. The van der Waals surface area contributed by atoms with Gasteiger partial charge in [-0.15, -0.1) is 0 Å². The molecule has 3 heterocycles. The number of para-hydroxylation sites is 1. The number of furan rings is 1. The zero-order valence-corrected chi connectivity index (χ0v) is 17.1. The molecular weight excluding hydrogens is 390 g/mol. The van der Waals surface area contributed by atoms with Crippen LogP contribution in [-0.4, -0.2) is 42.5 Å². The Labute approximate surface area is 173 Å². The predicted molar refractivity (Wildman–Crippen MR) is 108 cm³/mol. The summed E-state index contributed by atoms with van der Waals surface area (Å²) < 4.78 is 16.4. The molecule has 0 aliphatic carbocycles. The quantitative estimate of drug-likeness (QED) is 0.745. The third kappa shape index (κ3) is 3.59. The van der Waals surface area contributed by atoms with Crippen LogP contribution in [0.15, 0.2) is 51.6 Å². The highest BCUT2D eigenvalue weighted by atomic mass is 32.2. The summed E-state index contributed by atoms with van der Waals surface area (Å²) in [5.41, 5.74) is 1.39. The summed E-state index contributed by atoms with van der Waals surface area (Å²) in [6.07, 6.45) is 1.86. The van der Waals surface area contributed by atoms with E-state index in [0.717, 1.165) is 16.4 Å². The number of hydrogen-bond acceptors (Lipinski definition) is 7. The van der Waals surface area contributed by atoms with Crippen LogP contribution in [0.3, 0.4) is 0 Å². The van der Waals surface area contributed by atoms with Gasteiger partial charge in [0.05, 0.1) is 56.2 Å². The lowest BCUT2D eigenvalue weighted by molar-refractivity contribution is -0.132. The van der Waals surface area contributed by atoms with Gasteiger partial charge in [0.15, 0.2) is 11.5 Å². The number of nitrogens with zero attached hydrogens (tertiary/aromatic N) is 3. The van der Waals surface area contributed by atoms with Gasteiger partial charge in [-0.1, -0.05) is 23.9 Å². The molecular formula is C21H21N3O4S. The van der Waals surface area contributed by atoms with Crippen LogP contribution in [0.4, 0.5) is 0 Å². The fraction of sp³-hybridized carbons (Fsp3) is 0.333. The molecule has 0 N–H and O–H groups in total. The number of hydrogen-bond donors (Lipinski definition) is 0. The molecule has 1 atom stereocenters. The van der Waals surface area contributed by atoms with Gasteiger partial charge in [-0.05, 0) is 18.2 Å². The highest BCUT2D eigenvalue weighted by Gasteiger charge is 2.39. The lowest BCUT2D eigenvalue weighted by Crippen LogP contribution is -2.46. The third-order valence-corrected chi connectivity index (χ3v) is 6.33. The first kappa shape index (κ1) is 19.4. The van der Waals surface area contributed by atoms with E-state index in [9.17, 15) is 10.1 Å². The van der Waals surface area contributed by atoms with Gasteiger partial charge in [0.25, 0.3) is 0 Å². The molecule has 0 bridgehead atoms. The number of ether oxygens (including phenoxy) is 2. The van der Waals surface area contributed by atoms with Crippen molar-refractivity contribution in [3.8, 4) is 17.6 Å². The Morgan fingerprint density at radius 2 is 2.14 bits per heavy atom. The molecule has 0 spiro atoms. The summed E-state index contributed by atoms with van der Waals surface area (Å²) in [6, 6.07) is 11.7. The van der Waals surface area contributed by atoms with Gasteiger partial charge in [0.1, 0.15) is 5.76 Å². The standard InChI is InChI=1S/C21H21N3O4S/c1-26-18-7-3-6-15(20(18)27-2)16-9-19(25)24-12-23(11-14-5-4-8-28-14)13-29-21(24)17(16)10-22/h3-8,16H,9,11-13H2,1-2H3. The second-order valence-electron chi connectivity index (χ2n) is 6.82. The smallest absolute Gasteiger partial charge is 0.229 e. The van der Waals surface area contributed by atoms with E-state index in [1.165, 1.54) is 11.8 Å². The number of thioether (sulfide) groups is 1. The molecule has 2 aliphatic heterocycles. The molecule has 1 amide bonds. The molecule has 4 rings (SSSR count). The van der Waals surface area contributed by atoms with Crippen molar-refractivity contribution in [1.29, 1.82) is 5.26 Å². The maximum atomic E-state index is 13.0. The van der Waals surface area contributed by atoms with Crippen LogP contribution in [0, 0.1) is 11.3 Å². The number of rotatable bonds is 5. The lowest BCUT2D eigenvalue weighted by Gasteiger charge is -2.41. The molecule has 1 unspecified atom stereocenters. The summed E-state index contributed by atoms with van der Waals surface area (Å²) >= 11 is 1.51. The summed E-state index contributed by atoms with van der Waals surface area (Å²) in [4.78, 5) is 16.8. The molecule has 150 valence electrons. The highest BCUT2D eigenvalue weighted by molar-refractivity contribution is 8.03. The molecule has 1 fully saturated rings. The van der Waals surface area contributed by atoms with E-state index in [-0.39, 0.29) is 18.2 Å². The van der Waals surface area contributed by atoms with Crippen molar-refractivity contribution in [2.75, 3.05) is 26.8 Å². The summed E-state index contributed by atoms with van der Waals surface area (Å²) in [5, 5.41) is 10.7. The summed E-state index contributed by atoms with van der Waals surface area (Å²) in [5.74, 6) is 2.31. The van der Waals surface area contributed by atoms with Crippen LogP contribution in [0.1, 0.15) is 23.7 Å². The fourth-order valence-corrected chi connectivity index (χ4v) is 4.92. The van der Waals surface area contributed by atoms with Crippen molar-refractivity contribution in [2.24, 2.45) is 0 Å². The maximum absolute atomic E-state index is 13.0. The largest absolute Gasteiger partial charge is 0.493 e. The Kier molecular flexibility index (Phi) is 5.51. The minimum Gasteiger partial charge on any atom is -0.493 e. The average molecular weight is 411 g/mol. The van der Waals surface area contributed by atoms with Gasteiger partial charge in [-0.2, -0.15) is 5.26 Å². The van der Waals surface area contributed by atoms with Crippen LogP contribution in [0.2, 0.25) is 0 Å². The Balaban J connectivity index is 1.66. The van der Waals surface area contributed by atoms with E-state index >= 15 is 0 Å². The van der Waals surface area contributed by atoms with Crippen LogP contribution in [0.25, 0.3) is 0 Å². The summed E-state index contributed by atoms with van der Waals surface area (Å²) in [6.45, 7) is 1.06. The van der Waals surface area contributed by atoms with Gasteiger partial charge < -0.3 is 13.9 Å². The summed E-state index contributed by atoms with van der Waals surface area (Å²) in [7, 11) is 3.14. The number of benzene rings is 1. The Hall–Kier alpha value is -2.89. The van der Waals surface area contributed by atoms with Gasteiger partial charge in [0.2, 0.25) is 5.91 Å². The Bertz CT molecular complexity index is 980. The molecule has 0 saturated carbocycles. The van der Waals surface area contributed by atoms with E-state index in [2.05, 4.69) is 11.0 Å². The number of carbonyl (C=O) groups excluding carboxylic acids is 1. The van der Waals surface area contributed by atoms with Crippen molar-refractivity contribution >= 4 is 17.7 Å². The van der Waals surface area contributed by atoms with Crippen molar-refractivity contribution < 1.29 is 18.7 Å². The highest BCUT2D eigenvalue weighted by Crippen LogP contribution is 2.46. The number of methoxy groups -OCH3 is 2. The van der Waals surface area contributed by atoms with Gasteiger partial charge in [-0.3, -0.25) is 14.6 Å². The van der Waals surface area contributed by atoms with E-state index in [1.807, 2.05) is 24.3 Å². The lowest BCUT2D eigenvalue weighted by atomic mass is 9.85. The second kappa shape index (κ2) is 8.23. The number of allylic oxidation sites excluding steroid dienone is 1. The topological polar surface area (TPSA) is 78.9 Å². The number of fused-ring (bicyclic) bond motifs is 1. The minimum absolute atomic E-state index is 0.00878. The molecule has 1 aromatic heterocycles. The third-order valence-electron chi connectivity index (χ3n) is 5.12.